The van der Waals surface area contributed by atoms with Crippen molar-refractivity contribution in [3.63, 3.8) is 0 Å². The lowest BCUT2D eigenvalue weighted by molar-refractivity contribution is 0.148. The lowest BCUT2D eigenvalue weighted by Gasteiger charge is -2.42. The van der Waals surface area contributed by atoms with Crippen LogP contribution in [-0.2, 0) is 11.3 Å². The minimum absolute atomic E-state index is 0.193. The first-order valence-corrected chi connectivity index (χ1v) is 12.1. The maximum Gasteiger partial charge on any atom is 0.115 e. The van der Waals surface area contributed by atoms with Crippen molar-refractivity contribution in [1.29, 1.82) is 0 Å². The summed E-state index contributed by atoms with van der Waals surface area (Å²) in [5.41, 5.74) is 10.5. The molecule has 0 spiro atoms. The second kappa shape index (κ2) is 9.36. The van der Waals surface area contributed by atoms with Crippen LogP contribution in [0.2, 0.25) is 0 Å². The summed E-state index contributed by atoms with van der Waals surface area (Å²) in [4.78, 5) is 7.41. The molecule has 0 N–H and O–H groups in total. The minimum atomic E-state index is -0.193. The van der Waals surface area contributed by atoms with Crippen LogP contribution in [0.4, 0.5) is 0 Å². The molecule has 1 atom stereocenters. The molecular weight excluding hydrogens is 392 g/mol. The van der Waals surface area contributed by atoms with Gasteiger partial charge in [0, 0.05) is 27.8 Å². The Labute approximate surface area is 194 Å². The van der Waals surface area contributed by atoms with Gasteiger partial charge in [-0.2, -0.15) is 0 Å². The first kappa shape index (κ1) is 23.8. The molecule has 3 aliphatic heterocycles. The lowest BCUT2D eigenvalue weighted by atomic mass is 9.72. The summed E-state index contributed by atoms with van der Waals surface area (Å²) in [5.74, 6) is 0.851. The third-order valence-electron chi connectivity index (χ3n) is 6.92. The van der Waals surface area contributed by atoms with Gasteiger partial charge in [0.2, 0.25) is 0 Å². The SMILES string of the molecule is C=C1C2=C(C=C3c4nc5c(c(C)c4CN13)C=CCC=C5)C(C)(CC)C(=C)OC2.CC.CC. The van der Waals surface area contributed by atoms with Gasteiger partial charge in [-0.15, -0.1) is 0 Å². The molecule has 0 amide bonds. The van der Waals surface area contributed by atoms with E-state index in [0.29, 0.717) is 6.61 Å². The lowest BCUT2D eigenvalue weighted by Crippen LogP contribution is -2.34. The van der Waals surface area contributed by atoms with E-state index < -0.39 is 0 Å². The largest absolute Gasteiger partial charge is 0.493 e. The Bertz CT molecular complexity index is 1070. The molecular formula is C29H38N2O. The summed E-state index contributed by atoms with van der Waals surface area (Å²) in [6, 6.07) is 0. The Balaban J connectivity index is 0.000000686. The van der Waals surface area contributed by atoms with E-state index in [-0.39, 0.29) is 5.41 Å². The standard InChI is InChI=1S/C25H26N2O.2C2H6/c1-6-25(5)17(4)28-14-20-16(3)27-13-19-15(2)18-10-8-7-9-11-22(18)26-24(19)23(27)12-21(20)25;2*1-2/h8-12H,3-4,6-7,13-14H2,1-2,5H3;2*1-2H3. The Kier molecular flexibility index (Phi) is 6.97. The first-order chi connectivity index (χ1) is 15.5. The molecule has 0 saturated carbocycles. The number of ether oxygens (including phenoxy) is 1. The van der Waals surface area contributed by atoms with Crippen molar-refractivity contribution in [3.05, 3.63) is 82.1 Å². The number of pyridine rings is 1. The first-order valence-electron chi connectivity index (χ1n) is 12.1. The molecule has 0 bridgehead atoms. The molecule has 32 heavy (non-hydrogen) atoms. The number of hydrogen-bond donors (Lipinski definition) is 0. The van der Waals surface area contributed by atoms with Gasteiger partial charge in [0.25, 0.3) is 0 Å². The van der Waals surface area contributed by atoms with Crippen LogP contribution in [0.1, 0.15) is 82.5 Å². The zero-order chi connectivity index (χ0) is 23.6. The van der Waals surface area contributed by atoms with Crippen LogP contribution in [0.25, 0.3) is 17.8 Å². The molecule has 0 aromatic carbocycles. The molecule has 4 aliphatic rings. The summed E-state index contributed by atoms with van der Waals surface area (Å²) >= 11 is 0. The van der Waals surface area contributed by atoms with E-state index in [0.717, 1.165) is 42.2 Å². The monoisotopic (exact) mass is 430 g/mol. The smallest absolute Gasteiger partial charge is 0.115 e. The number of allylic oxidation sites excluding steroid dienone is 4. The van der Waals surface area contributed by atoms with Gasteiger partial charge in [0.05, 0.1) is 29.4 Å². The number of rotatable bonds is 1. The Morgan fingerprint density at radius 1 is 1.12 bits per heavy atom. The highest BCUT2D eigenvalue weighted by atomic mass is 16.5. The van der Waals surface area contributed by atoms with Gasteiger partial charge < -0.3 is 9.64 Å². The van der Waals surface area contributed by atoms with Gasteiger partial charge in [-0.3, -0.25) is 0 Å². The molecule has 0 fully saturated rings. The Morgan fingerprint density at radius 2 is 1.81 bits per heavy atom. The summed E-state index contributed by atoms with van der Waals surface area (Å²) < 4.78 is 5.97. The van der Waals surface area contributed by atoms with E-state index in [1.165, 1.54) is 33.5 Å². The van der Waals surface area contributed by atoms with Crippen molar-refractivity contribution < 1.29 is 4.74 Å². The third kappa shape index (κ3) is 3.48. The number of nitrogens with zero attached hydrogens (tertiary/aromatic N) is 2. The van der Waals surface area contributed by atoms with Gasteiger partial charge in [-0.1, -0.05) is 66.0 Å². The Hall–Kier alpha value is -2.81. The summed E-state index contributed by atoms with van der Waals surface area (Å²) in [5, 5.41) is 0. The van der Waals surface area contributed by atoms with Gasteiger partial charge in [-0.25, -0.2) is 4.98 Å². The molecule has 3 nitrogen and oxygen atoms in total. The van der Waals surface area contributed by atoms with E-state index in [1.807, 2.05) is 27.7 Å². The molecule has 0 radical (unpaired) electrons. The van der Waals surface area contributed by atoms with Gasteiger partial charge in [-0.05, 0) is 50.0 Å². The van der Waals surface area contributed by atoms with Crippen LogP contribution in [0.15, 0.2) is 54.0 Å². The van der Waals surface area contributed by atoms with Crippen molar-refractivity contribution in [2.75, 3.05) is 6.61 Å². The normalized spacial score (nSPS) is 22.2. The molecule has 4 heterocycles. The van der Waals surface area contributed by atoms with Crippen molar-refractivity contribution in [2.24, 2.45) is 5.41 Å². The van der Waals surface area contributed by atoms with Crippen LogP contribution in [0.5, 0.6) is 0 Å². The van der Waals surface area contributed by atoms with E-state index in [4.69, 9.17) is 9.72 Å². The average Bonchev–Trinajstić information content (AvgIpc) is 3.02. The predicted molar refractivity (Wildman–Crippen MR) is 138 cm³/mol. The van der Waals surface area contributed by atoms with Crippen molar-refractivity contribution in [2.45, 2.75) is 67.9 Å². The maximum absolute atomic E-state index is 5.97. The molecule has 1 aliphatic carbocycles. The van der Waals surface area contributed by atoms with Crippen molar-refractivity contribution in [1.82, 2.24) is 9.88 Å². The fourth-order valence-electron chi connectivity index (χ4n) is 4.78. The van der Waals surface area contributed by atoms with E-state index in [2.05, 4.69) is 69.2 Å². The van der Waals surface area contributed by atoms with Gasteiger partial charge >= 0.3 is 0 Å². The number of aromatic nitrogens is 1. The van der Waals surface area contributed by atoms with Crippen LogP contribution < -0.4 is 0 Å². The zero-order valence-electron chi connectivity index (χ0n) is 20.9. The highest BCUT2D eigenvalue weighted by Gasteiger charge is 2.43. The quantitative estimate of drug-likeness (QED) is 0.454. The van der Waals surface area contributed by atoms with Gasteiger partial charge in [0.15, 0.2) is 0 Å². The number of fused-ring (bicyclic) bond motifs is 4. The zero-order valence-corrected chi connectivity index (χ0v) is 20.9. The Morgan fingerprint density at radius 3 is 2.50 bits per heavy atom. The van der Waals surface area contributed by atoms with E-state index in [1.54, 1.807) is 0 Å². The topological polar surface area (TPSA) is 25.4 Å². The molecule has 1 aromatic rings. The average molecular weight is 431 g/mol. The highest BCUT2D eigenvalue weighted by Crippen LogP contribution is 2.52. The van der Waals surface area contributed by atoms with Crippen molar-refractivity contribution in [3.8, 4) is 0 Å². The molecule has 5 rings (SSSR count). The summed E-state index contributed by atoms with van der Waals surface area (Å²) in [6.07, 6.45) is 13.0. The van der Waals surface area contributed by atoms with Crippen LogP contribution in [0.3, 0.4) is 0 Å². The van der Waals surface area contributed by atoms with Crippen molar-refractivity contribution >= 4 is 17.8 Å². The fourth-order valence-corrected chi connectivity index (χ4v) is 4.78. The second-order valence-corrected chi connectivity index (χ2v) is 8.26. The maximum atomic E-state index is 5.97. The van der Waals surface area contributed by atoms with Crippen LogP contribution in [-0.4, -0.2) is 16.5 Å². The summed E-state index contributed by atoms with van der Waals surface area (Å²) in [6.45, 7) is 24.7. The molecule has 170 valence electrons. The molecule has 1 aromatic heterocycles. The number of hydrogen-bond acceptors (Lipinski definition) is 3. The minimum Gasteiger partial charge on any atom is -0.493 e. The van der Waals surface area contributed by atoms with Crippen LogP contribution in [0, 0.1) is 12.3 Å². The fraction of sp³-hybridized carbons (Fsp3) is 0.414. The highest BCUT2D eigenvalue weighted by molar-refractivity contribution is 5.81. The third-order valence-corrected chi connectivity index (χ3v) is 6.92. The molecule has 0 saturated heterocycles. The van der Waals surface area contributed by atoms with Gasteiger partial charge in [0.1, 0.15) is 6.61 Å². The predicted octanol–water partition coefficient (Wildman–Crippen LogP) is 7.81. The second-order valence-electron chi connectivity index (χ2n) is 8.26. The summed E-state index contributed by atoms with van der Waals surface area (Å²) in [7, 11) is 0. The van der Waals surface area contributed by atoms with Crippen LogP contribution >= 0.6 is 0 Å². The van der Waals surface area contributed by atoms with E-state index >= 15 is 0 Å². The van der Waals surface area contributed by atoms with E-state index in [9.17, 15) is 0 Å². The molecule has 3 heteroatoms. The molecule has 1 unspecified atom stereocenters.